The molecular formula is C12H8ClF3S. The highest BCUT2D eigenvalue weighted by molar-refractivity contribution is 7.16. The summed E-state index contributed by atoms with van der Waals surface area (Å²) in [5, 5.41) is 0.586. The molecule has 1 aromatic heterocycles. The summed E-state index contributed by atoms with van der Waals surface area (Å²) in [5.74, 6) is 0. The van der Waals surface area contributed by atoms with Crippen LogP contribution in [0.25, 0.3) is 10.4 Å². The van der Waals surface area contributed by atoms with Crippen molar-refractivity contribution in [2.24, 2.45) is 0 Å². The predicted molar refractivity (Wildman–Crippen MR) is 64.5 cm³/mol. The van der Waals surface area contributed by atoms with Crippen LogP contribution in [0.5, 0.6) is 0 Å². The van der Waals surface area contributed by atoms with Crippen molar-refractivity contribution in [1.29, 1.82) is 0 Å². The Labute approximate surface area is 106 Å². The third-order valence-electron chi connectivity index (χ3n) is 2.33. The largest absolute Gasteiger partial charge is 0.416 e. The fourth-order valence-corrected chi connectivity index (χ4v) is 2.65. The second-order valence-corrected chi connectivity index (χ2v) is 5.26. The van der Waals surface area contributed by atoms with E-state index in [0.717, 1.165) is 21.9 Å². The fraction of sp³-hybridized carbons (Fsp3) is 0.167. The zero-order chi connectivity index (χ0) is 12.6. The summed E-state index contributed by atoms with van der Waals surface area (Å²) in [6.45, 7) is 1.84. The zero-order valence-corrected chi connectivity index (χ0v) is 10.4. The van der Waals surface area contributed by atoms with Crippen molar-refractivity contribution in [2.75, 3.05) is 0 Å². The maximum atomic E-state index is 12.5. The molecule has 0 N–H and O–H groups in total. The quantitative estimate of drug-likeness (QED) is 0.654. The van der Waals surface area contributed by atoms with Gasteiger partial charge in [0.2, 0.25) is 0 Å². The maximum absolute atomic E-state index is 12.5. The van der Waals surface area contributed by atoms with E-state index in [1.54, 1.807) is 12.1 Å². The Kier molecular flexibility index (Phi) is 3.19. The van der Waals surface area contributed by atoms with Crippen molar-refractivity contribution in [2.45, 2.75) is 13.1 Å². The lowest BCUT2D eigenvalue weighted by molar-refractivity contribution is -0.137. The summed E-state index contributed by atoms with van der Waals surface area (Å²) in [5.41, 5.74) is -0.1000. The normalized spacial score (nSPS) is 11.8. The van der Waals surface area contributed by atoms with Crippen molar-refractivity contribution >= 4 is 22.9 Å². The molecule has 0 saturated carbocycles. The Morgan fingerprint density at radius 3 is 2.41 bits per heavy atom. The molecule has 0 unspecified atom stereocenters. The lowest BCUT2D eigenvalue weighted by Crippen LogP contribution is -2.04. The van der Waals surface area contributed by atoms with Crippen LogP contribution in [-0.4, -0.2) is 0 Å². The maximum Gasteiger partial charge on any atom is 0.416 e. The summed E-state index contributed by atoms with van der Waals surface area (Å²) >= 11 is 7.28. The Morgan fingerprint density at radius 2 is 1.88 bits per heavy atom. The number of aryl methyl sites for hydroxylation is 1. The van der Waals surface area contributed by atoms with Gasteiger partial charge in [-0.2, -0.15) is 13.2 Å². The molecule has 0 fully saturated rings. The molecular weight excluding hydrogens is 269 g/mol. The molecule has 17 heavy (non-hydrogen) atoms. The number of benzene rings is 1. The van der Waals surface area contributed by atoms with E-state index in [0.29, 0.717) is 10.6 Å². The third kappa shape index (κ3) is 2.64. The molecule has 0 aliphatic heterocycles. The van der Waals surface area contributed by atoms with Crippen LogP contribution >= 0.6 is 22.9 Å². The monoisotopic (exact) mass is 276 g/mol. The number of halogens is 4. The van der Waals surface area contributed by atoms with Crippen LogP contribution in [0, 0.1) is 6.92 Å². The van der Waals surface area contributed by atoms with Crippen molar-refractivity contribution < 1.29 is 13.2 Å². The number of hydrogen-bond acceptors (Lipinski definition) is 1. The zero-order valence-electron chi connectivity index (χ0n) is 8.81. The Bertz CT molecular complexity index is 523. The van der Waals surface area contributed by atoms with Gasteiger partial charge in [-0.05, 0) is 30.7 Å². The van der Waals surface area contributed by atoms with Gasteiger partial charge in [-0.15, -0.1) is 11.3 Å². The SMILES string of the molecule is Cc1sc(-c2cccc(C(F)(F)F)c2)cc1Cl. The van der Waals surface area contributed by atoms with Crippen LogP contribution in [0.3, 0.4) is 0 Å². The number of rotatable bonds is 1. The van der Waals surface area contributed by atoms with Gasteiger partial charge in [0.05, 0.1) is 10.6 Å². The summed E-state index contributed by atoms with van der Waals surface area (Å²) in [6, 6.07) is 6.95. The van der Waals surface area contributed by atoms with Gasteiger partial charge in [-0.1, -0.05) is 23.7 Å². The van der Waals surface area contributed by atoms with Gasteiger partial charge in [-0.25, -0.2) is 0 Å². The second-order valence-electron chi connectivity index (χ2n) is 3.59. The van der Waals surface area contributed by atoms with Crippen LogP contribution in [0.15, 0.2) is 30.3 Å². The van der Waals surface area contributed by atoms with E-state index in [1.165, 1.54) is 17.4 Å². The predicted octanol–water partition coefficient (Wildman–Crippen LogP) is 5.40. The standard InChI is InChI=1S/C12H8ClF3S/c1-7-10(13)6-11(17-7)8-3-2-4-9(5-8)12(14,15)16/h2-6H,1H3. The summed E-state index contributed by atoms with van der Waals surface area (Å²) in [4.78, 5) is 1.65. The van der Waals surface area contributed by atoms with E-state index in [2.05, 4.69) is 0 Å². The first-order valence-corrected chi connectivity index (χ1v) is 6.01. The molecule has 2 aromatic rings. The van der Waals surface area contributed by atoms with Crippen molar-refractivity contribution in [3.8, 4) is 10.4 Å². The lowest BCUT2D eigenvalue weighted by atomic mass is 10.1. The van der Waals surface area contributed by atoms with Crippen LogP contribution < -0.4 is 0 Å². The molecule has 0 nitrogen and oxygen atoms in total. The van der Waals surface area contributed by atoms with Gasteiger partial charge in [-0.3, -0.25) is 0 Å². The van der Waals surface area contributed by atoms with Gasteiger partial charge in [0, 0.05) is 9.75 Å². The Balaban J connectivity index is 2.47. The molecule has 0 spiro atoms. The smallest absolute Gasteiger partial charge is 0.166 e. The third-order valence-corrected chi connectivity index (χ3v) is 3.94. The topological polar surface area (TPSA) is 0 Å². The highest BCUT2D eigenvalue weighted by Gasteiger charge is 2.30. The average molecular weight is 277 g/mol. The highest BCUT2D eigenvalue weighted by Crippen LogP contribution is 2.36. The van der Waals surface area contributed by atoms with Crippen LogP contribution in [0.1, 0.15) is 10.4 Å². The second kappa shape index (κ2) is 4.35. The molecule has 2 rings (SSSR count). The first-order chi connectivity index (χ1) is 7.88. The Morgan fingerprint density at radius 1 is 1.18 bits per heavy atom. The summed E-state index contributed by atoms with van der Waals surface area (Å²) in [7, 11) is 0. The van der Waals surface area contributed by atoms with Crippen molar-refractivity contribution in [1.82, 2.24) is 0 Å². The van der Waals surface area contributed by atoms with Crippen molar-refractivity contribution in [3.63, 3.8) is 0 Å². The fourth-order valence-electron chi connectivity index (χ4n) is 1.45. The minimum absolute atomic E-state index is 0.542. The Hall–Kier alpha value is -1.00. The minimum atomic E-state index is -4.31. The van der Waals surface area contributed by atoms with E-state index < -0.39 is 11.7 Å². The molecule has 0 atom stereocenters. The molecule has 0 aliphatic rings. The molecule has 1 heterocycles. The van der Waals surface area contributed by atoms with Crippen LogP contribution in [0.2, 0.25) is 5.02 Å². The molecule has 1 aromatic carbocycles. The van der Waals surface area contributed by atoms with Crippen LogP contribution in [-0.2, 0) is 6.18 Å². The highest BCUT2D eigenvalue weighted by atomic mass is 35.5. The average Bonchev–Trinajstić information content (AvgIpc) is 2.58. The van der Waals surface area contributed by atoms with E-state index in [-0.39, 0.29) is 0 Å². The van der Waals surface area contributed by atoms with Gasteiger partial charge in [0.25, 0.3) is 0 Å². The first kappa shape index (κ1) is 12.5. The van der Waals surface area contributed by atoms with Crippen LogP contribution in [0.4, 0.5) is 13.2 Å². The lowest BCUT2D eigenvalue weighted by Gasteiger charge is -2.07. The van der Waals surface area contributed by atoms with Crippen molar-refractivity contribution in [3.05, 3.63) is 45.8 Å². The summed E-state index contributed by atoms with van der Waals surface area (Å²) < 4.78 is 37.6. The van der Waals surface area contributed by atoms with Gasteiger partial charge < -0.3 is 0 Å². The molecule has 0 aliphatic carbocycles. The summed E-state index contributed by atoms with van der Waals surface area (Å²) in [6.07, 6.45) is -4.31. The first-order valence-electron chi connectivity index (χ1n) is 4.81. The number of hydrogen-bond donors (Lipinski definition) is 0. The molecule has 5 heteroatoms. The van der Waals surface area contributed by atoms with E-state index in [4.69, 9.17) is 11.6 Å². The van der Waals surface area contributed by atoms with E-state index in [9.17, 15) is 13.2 Å². The van der Waals surface area contributed by atoms with E-state index >= 15 is 0 Å². The number of alkyl halides is 3. The van der Waals surface area contributed by atoms with Gasteiger partial charge >= 0.3 is 6.18 Å². The van der Waals surface area contributed by atoms with E-state index in [1.807, 2.05) is 6.92 Å². The molecule has 0 amide bonds. The van der Waals surface area contributed by atoms with Gasteiger partial charge in [0.15, 0.2) is 0 Å². The number of thiophene rings is 1. The molecule has 0 saturated heterocycles. The molecule has 0 radical (unpaired) electrons. The minimum Gasteiger partial charge on any atom is -0.166 e. The molecule has 90 valence electrons. The molecule has 0 bridgehead atoms. The van der Waals surface area contributed by atoms with Gasteiger partial charge in [0.1, 0.15) is 0 Å².